The third-order valence-corrected chi connectivity index (χ3v) is 4.47. The number of aliphatic carboxylic acids is 1. The molecule has 0 aromatic carbocycles. The summed E-state index contributed by atoms with van der Waals surface area (Å²) in [5.41, 5.74) is 0. The van der Waals surface area contributed by atoms with Crippen LogP contribution in [0, 0.1) is 5.92 Å². The lowest BCUT2D eigenvalue weighted by Gasteiger charge is -2.34. The molecule has 0 aromatic heterocycles. The minimum Gasteiger partial charge on any atom is -0.480 e. The van der Waals surface area contributed by atoms with Gasteiger partial charge in [0, 0.05) is 6.04 Å². The zero-order valence-corrected chi connectivity index (χ0v) is 12.3. The Bertz CT molecular complexity index is 440. The predicted octanol–water partition coefficient (Wildman–Crippen LogP) is 2.20. The summed E-state index contributed by atoms with van der Waals surface area (Å²) in [6.07, 6.45) is -1.99. The van der Waals surface area contributed by atoms with Gasteiger partial charge in [0.25, 0.3) is 5.91 Å². The van der Waals surface area contributed by atoms with Crippen molar-refractivity contribution in [1.29, 1.82) is 0 Å². The topological polar surface area (TPSA) is 66.8 Å². The molecule has 0 unspecified atom stereocenters. The van der Waals surface area contributed by atoms with Crippen LogP contribution >= 0.6 is 0 Å². The molecule has 4 atom stereocenters. The van der Waals surface area contributed by atoms with Crippen LogP contribution in [0.15, 0.2) is 0 Å². The standard InChI is InChI=1S/C14H20F3NO4/c1-8(22-7-14(15,16)17)12(19)18-10-5-3-2-4-9(10)6-11(18)13(20)21/h8-11H,2-7H2,1H3,(H,20,21)/t8-,9-,10-,11-/m0/s1. The molecule has 5 nitrogen and oxygen atoms in total. The summed E-state index contributed by atoms with van der Waals surface area (Å²) in [6, 6.07) is -1.16. The fourth-order valence-corrected chi connectivity index (χ4v) is 3.50. The number of carboxylic acids is 1. The van der Waals surface area contributed by atoms with Crippen molar-refractivity contribution >= 4 is 11.9 Å². The molecule has 1 amide bonds. The highest BCUT2D eigenvalue weighted by Gasteiger charge is 2.48. The first-order valence-electron chi connectivity index (χ1n) is 7.44. The van der Waals surface area contributed by atoms with Gasteiger partial charge in [0.2, 0.25) is 0 Å². The third-order valence-electron chi connectivity index (χ3n) is 4.47. The predicted molar refractivity (Wildman–Crippen MR) is 70.1 cm³/mol. The number of carbonyl (C=O) groups is 2. The van der Waals surface area contributed by atoms with Crippen LogP contribution in [0.4, 0.5) is 13.2 Å². The SMILES string of the molecule is C[C@H](OCC(F)(F)F)C(=O)N1[C@H](C(=O)O)C[C@@H]2CCCC[C@@H]21. The van der Waals surface area contributed by atoms with Crippen molar-refractivity contribution in [3.63, 3.8) is 0 Å². The van der Waals surface area contributed by atoms with E-state index in [0.29, 0.717) is 12.8 Å². The van der Waals surface area contributed by atoms with Crippen LogP contribution in [-0.4, -0.2) is 52.9 Å². The quantitative estimate of drug-likeness (QED) is 0.861. The summed E-state index contributed by atoms with van der Waals surface area (Å²) in [5, 5.41) is 9.31. The number of amides is 1. The molecule has 2 fully saturated rings. The highest BCUT2D eigenvalue weighted by atomic mass is 19.4. The molecule has 1 heterocycles. The highest BCUT2D eigenvalue weighted by Crippen LogP contribution is 2.40. The number of carboxylic acid groups (broad SMARTS) is 1. The van der Waals surface area contributed by atoms with E-state index < -0.39 is 36.8 Å². The minimum atomic E-state index is -4.51. The molecule has 22 heavy (non-hydrogen) atoms. The summed E-state index contributed by atoms with van der Waals surface area (Å²) < 4.78 is 41.1. The average Bonchev–Trinajstić information content (AvgIpc) is 2.82. The fourth-order valence-electron chi connectivity index (χ4n) is 3.50. The van der Waals surface area contributed by atoms with E-state index in [1.165, 1.54) is 11.8 Å². The van der Waals surface area contributed by atoms with Crippen molar-refractivity contribution in [1.82, 2.24) is 4.90 Å². The average molecular weight is 323 g/mol. The van der Waals surface area contributed by atoms with Gasteiger partial charge in [-0.1, -0.05) is 12.8 Å². The molecule has 1 N–H and O–H groups in total. The van der Waals surface area contributed by atoms with Crippen LogP contribution in [0.2, 0.25) is 0 Å². The lowest BCUT2D eigenvalue weighted by molar-refractivity contribution is -0.190. The monoisotopic (exact) mass is 323 g/mol. The van der Waals surface area contributed by atoms with Crippen molar-refractivity contribution in [2.75, 3.05) is 6.61 Å². The zero-order valence-electron chi connectivity index (χ0n) is 12.3. The van der Waals surface area contributed by atoms with Gasteiger partial charge < -0.3 is 14.7 Å². The van der Waals surface area contributed by atoms with Gasteiger partial charge in [0.1, 0.15) is 18.8 Å². The maximum atomic E-state index is 12.4. The van der Waals surface area contributed by atoms with Crippen LogP contribution in [0.5, 0.6) is 0 Å². The summed E-state index contributed by atoms with van der Waals surface area (Å²) in [6.45, 7) is -0.275. The van der Waals surface area contributed by atoms with Crippen molar-refractivity contribution in [2.45, 2.75) is 63.4 Å². The molecular formula is C14H20F3NO4. The molecule has 0 spiro atoms. The van der Waals surface area contributed by atoms with E-state index in [9.17, 15) is 27.9 Å². The van der Waals surface area contributed by atoms with E-state index >= 15 is 0 Å². The van der Waals surface area contributed by atoms with Gasteiger partial charge in [0.15, 0.2) is 0 Å². The molecule has 126 valence electrons. The Morgan fingerprint density at radius 1 is 1.32 bits per heavy atom. The van der Waals surface area contributed by atoms with Gasteiger partial charge in [0.05, 0.1) is 0 Å². The Labute approximate surface area is 126 Å². The molecule has 1 saturated heterocycles. The van der Waals surface area contributed by atoms with Crippen LogP contribution in [0.3, 0.4) is 0 Å². The molecule has 1 aliphatic heterocycles. The number of likely N-dealkylation sites (tertiary alicyclic amines) is 1. The maximum absolute atomic E-state index is 12.4. The van der Waals surface area contributed by atoms with Crippen molar-refractivity contribution in [3.05, 3.63) is 0 Å². The number of fused-ring (bicyclic) bond motifs is 1. The van der Waals surface area contributed by atoms with E-state index in [0.717, 1.165) is 19.3 Å². The largest absolute Gasteiger partial charge is 0.480 e. The number of hydrogen-bond donors (Lipinski definition) is 1. The summed E-state index contributed by atoms with van der Waals surface area (Å²) in [4.78, 5) is 25.0. The summed E-state index contributed by atoms with van der Waals surface area (Å²) in [5.74, 6) is -1.65. The maximum Gasteiger partial charge on any atom is 0.411 e. The van der Waals surface area contributed by atoms with Gasteiger partial charge in [-0.2, -0.15) is 13.2 Å². The number of hydrogen-bond acceptors (Lipinski definition) is 3. The molecule has 2 aliphatic rings. The molecule has 0 bridgehead atoms. The Balaban J connectivity index is 2.08. The Hall–Kier alpha value is -1.31. The molecule has 0 radical (unpaired) electrons. The third kappa shape index (κ3) is 3.71. The first-order chi connectivity index (χ1) is 10.2. The molecule has 2 rings (SSSR count). The van der Waals surface area contributed by atoms with Crippen molar-refractivity contribution in [3.8, 4) is 0 Å². The highest BCUT2D eigenvalue weighted by molar-refractivity contribution is 5.87. The van der Waals surface area contributed by atoms with Gasteiger partial charge in [-0.3, -0.25) is 4.79 Å². The number of carbonyl (C=O) groups excluding carboxylic acids is 1. The van der Waals surface area contributed by atoms with Gasteiger partial charge in [-0.05, 0) is 32.1 Å². The van der Waals surface area contributed by atoms with Crippen molar-refractivity contribution < 1.29 is 32.6 Å². The smallest absolute Gasteiger partial charge is 0.411 e. The Morgan fingerprint density at radius 2 is 1.95 bits per heavy atom. The number of nitrogens with zero attached hydrogens (tertiary/aromatic N) is 1. The second kappa shape index (κ2) is 6.44. The number of ether oxygens (including phenoxy) is 1. The minimum absolute atomic E-state index is 0.119. The second-order valence-electron chi connectivity index (χ2n) is 6.02. The van der Waals surface area contributed by atoms with E-state index in [4.69, 9.17) is 0 Å². The van der Waals surface area contributed by atoms with Gasteiger partial charge >= 0.3 is 12.1 Å². The molecular weight excluding hydrogens is 303 g/mol. The van der Waals surface area contributed by atoms with Gasteiger partial charge in [-0.25, -0.2) is 4.79 Å². The molecule has 8 heteroatoms. The summed E-state index contributed by atoms with van der Waals surface area (Å²) in [7, 11) is 0. The lowest BCUT2D eigenvalue weighted by Crippen LogP contribution is -2.50. The molecule has 1 aliphatic carbocycles. The van der Waals surface area contributed by atoms with Crippen LogP contribution < -0.4 is 0 Å². The van der Waals surface area contributed by atoms with E-state index in [1.54, 1.807) is 0 Å². The zero-order chi connectivity index (χ0) is 16.5. The van der Waals surface area contributed by atoms with E-state index in [-0.39, 0.29) is 12.0 Å². The second-order valence-corrected chi connectivity index (χ2v) is 6.02. The summed E-state index contributed by atoms with van der Waals surface area (Å²) >= 11 is 0. The number of rotatable bonds is 4. The number of halogens is 3. The van der Waals surface area contributed by atoms with Crippen LogP contribution in [-0.2, 0) is 14.3 Å². The Morgan fingerprint density at radius 3 is 2.55 bits per heavy atom. The van der Waals surface area contributed by atoms with Crippen molar-refractivity contribution in [2.24, 2.45) is 5.92 Å². The van der Waals surface area contributed by atoms with E-state index in [2.05, 4.69) is 4.74 Å². The first kappa shape index (κ1) is 17.1. The molecule has 1 saturated carbocycles. The Kier molecular flexibility index (Phi) is 4.99. The lowest BCUT2D eigenvalue weighted by atomic mass is 9.84. The normalized spacial score (nSPS) is 30.0. The first-order valence-corrected chi connectivity index (χ1v) is 7.44. The van der Waals surface area contributed by atoms with Crippen LogP contribution in [0.25, 0.3) is 0 Å². The fraction of sp³-hybridized carbons (Fsp3) is 0.857. The number of alkyl halides is 3. The van der Waals surface area contributed by atoms with Crippen LogP contribution in [0.1, 0.15) is 39.0 Å². The molecule has 0 aromatic rings. The van der Waals surface area contributed by atoms with Gasteiger partial charge in [-0.15, -0.1) is 0 Å². The van der Waals surface area contributed by atoms with E-state index in [1.807, 2.05) is 0 Å².